The van der Waals surface area contributed by atoms with E-state index in [4.69, 9.17) is 0 Å². The van der Waals surface area contributed by atoms with Crippen LogP contribution < -0.4 is 16.0 Å². The molecule has 1 aliphatic carbocycles. The SMILES string of the molecule is CNC(C)CNC(=O)CN1C(=O)NC2(CCC(C)CC2)C1=O. The number of nitrogens with one attached hydrogen (secondary N) is 3. The number of likely N-dealkylation sites (N-methyl/N-ethyl adjacent to an activating group) is 1. The predicted octanol–water partition coefficient (Wildman–Crippen LogP) is 0.211. The lowest BCUT2D eigenvalue weighted by Gasteiger charge is -2.33. The van der Waals surface area contributed by atoms with E-state index in [1.165, 1.54) is 0 Å². The molecule has 1 saturated carbocycles. The number of carbonyl (C=O) groups excluding carboxylic acids is 3. The summed E-state index contributed by atoms with van der Waals surface area (Å²) in [7, 11) is 1.81. The van der Waals surface area contributed by atoms with E-state index in [2.05, 4.69) is 22.9 Å². The minimum Gasteiger partial charge on any atom is -0.353 e. The number of urea groups is 1. The third-order valence-corrected chi connectivity index (χ3v) is 4.77. The Balaban J connectivity index is 1.93. The average molecular weight is 310 g/mol. The van der Waals surface area contributed by atoms with E-state index in [-0.39, 0.29) is 24.4 Å². The quantitative estimate of drug-likeness (QED) is 0.633. The maximum atomic E-state index is 12.6. The standard InChI is InChI=1S/C15H26N4O3/c1-10-4-6-15(7-5-10)13(21)19(14(22)18-15)9-12(20)17-8-11(2)16-3/h10-11,16H,4-9H2,1-3H3,(H,17,20)(H,18,22). The van der Waals surface area contributed by atoms with Gasteiger partial charge in [-0.2, -0.15) is 0 Å². The van der Waals surface area contributed by atoms with Crippen LogP contribution in [-0.4, -0.2) is 54.5 Å². The first-order valence-corrected chi connectivity index (χ1v) is 7.96. The fourth-order valence-electron chi connectivity index (χ4n) is 2.98. The van der Waals surface area contributed by atoms with Crippen LogP contribution in [0.3, 0.4) is 0 Å². The first-order valence-electron chi connectivity index (χ1n) is 7.96. The molecule has 0 aromatic carbocycles. The van der Waals surface area contributed by atoms with Gasteiger partial charge in [0.15, 0.2) is 0 Å². The summed E-state index contributed by atoms with van der Waals surface area (Å²) in [5, 5.41) is 8.55. The Bertz CT molecular complexity index is 458. The summed E-state index contributed by atoms with van der Waals surface area (Å²) in [4.78, 5) is 37.6. The van der Waals surface area contributed by atoms with E-state index in [0.717, 1.165) is 17.7 Å². The highest BCUT2D eigenvalue weighted by molar-refractivity contribution is 6.09. The first-order chi connectivity index (χ1) is 10.4. The Morgan fingerprint density at radius 3 is 2.64 bits per heavy atom. The van der Waals surface area contributed by atoms with Gasteiger partial charge in [-0.3, -0.25) is 14.5 Å². The van der Waals surface area contributed by atoms with E-state index >= 15 is 0 Å². The second-order valence-electron chi connectivity index (χ2n) is 6.58. The van der Waals surface area contributed by atoms with Crippen molar-refractivity contribution in [2.24, 2.45) is 5.92 Å². The maximum Gasteiger partial charge on any atom is 0.325 e. The molecule has 3 N–H and O–H groups in total. The van der Waals surface area contributed by atoms with Crippen LogP contribution in [0.1, 0.15) is 39.5 Å². The van der Waals surface area contributed by atoms with E-state index in [9.17, 15) is 14.4 Å². The monoisotopic (exact) mass is 310 g/mol. The Morgan fingerprint density at radius 1 is 1.41 bits per heavy atom. The summed E-state index contributed by atoms with van der Waals surface area (Å²) in [6.45, 7) is 4.34. The van der Waals surface area contributed by atoms with E-state index in [1.54, 1.807) is 0 Å². The number of nitrogens with zero attached hydrogens (tertiary/aromatic N) is 1. The van der Waals surface area contributed by atoms with Crippen molar-refractivity contribution in [2.75, 3.05) is 20.1 Å². The molecule has 124 valence electrons. The Kier molecular flexibility index (Phi) is 5.05. The first kappa shape index (κ1) is 16.7. The van der Waals surface area contributed by atoms with Crippen molar-refractivity contribution in [3.8, 4) is 0 Å². The van der Waals surface area contributed by atoms with Gasteiger partial charge in [-0.25, -0.2) is 4.79 Å². The number of imide groups is 1. The summed E-state index contributed by atoms with van der Waals surface area (Å²) in [6.07, 6.45) is 3.17. The molecule has 1 heterocycles. The molecular weight excluding hydrogens is 284 g/mol. The Morgan fingerprint density at radius 2 is 2.05 bits per heavy atom. The average Bonchev–Trinajstić information content (AvgIpc) is 2.72. The minimum absolute atomic E-state index is 0.137. The lowest BCUT2D eigenvalue weighted by Crippen LogP contribution is -2.50. The molecule has 7 nitrogen and oxygen atoms in total. The van der Waals surface area contributed by atoms with Gasteiger partial charge < -0.3 is 16.0 Å². The van der Waals surface area contributed by atoms with Gasteiger partial charge in [0, 0.05) is 12.6 Å². The molecule has 4 amide bonds. The fourth-order valence-corrected chi connectivity index (χ4v) is 2.98. The molecule has 1 saturated heterocycles. The van der Waals surface area contributed by atoms with E-state index < -0.39 is 11.6 Å². The Labute approximate surface area is 131 Å². The van der Waals surface area contributed by atoms with Crippen molar-refractivity contribution >= 4 is 17.8 Å². The summed E-state index contributed by atoms with van der Waals surface area (Å²) in [5.74, 6) is 0.0174. The minimum atomic E-state index is -0.776. The molecule has 2 fully saturated rings. The van der Waals surface area contributed by atoms with Gasteiger partial charge in [0.1, 0.15) is 12.1 Å². The number of amides is 4. The number of rotatable bonds is 5. The van der Waals surface area contributed by atoms with Gasteiger partial charge >= 0.3 is 6.03 Å². The van der Waals surface area contributed by atoms with Crippen LogP contribution in [0, 0.1) is 5.92 Å². The van der Waals surface area contributed by atoms with Gasteiger partial charge in [0.05, 0.1) is 0 Å². The second kappa shape index (κ2) is 6.64. The van der Waals surface area contributed by atoms with Gasteiger partial charge in [-0.05, 0) is 45.6 Å². The molecule has 2 rings (SSSR count). The molecule has 1 aliphatic heterocycles. The summed E-state index contributed by atoms with van der Waals surface area (Å²) < 4.78 is 0. The zero-order valence-electron chi connectivity index (χ0n) is 13.6. The highest BCUT2D eigenvalue weighted by Crippen LogP contribution is 2.36. The van der Waals surface area contributed by atoms with Crippen LogP contribution in [0.15, 0.2) is 0 Å². The normalized spacial score (nSPS) is 29.6. The van der Waals surface area contributed by atoms with Crippen molar-refractivity contribution in [2.45, 2.75) is 51.1 Å². The molecule has 7 heteroatoms. The number of hydrogen-bond acceptors (Lipinski definition) is 4. The molecule has 0 aromatic heterocycles. The fraction of sp³-hybridized carbons (Fsp3) is 0.800. The Hall–Kier alpha value is -1.63. The predicted molar refractivity (Wildman–Crippen MR) is 82.1 cm³/mol. The molecule has 1 spiro atoms. The van der Waals surface area contributed by atoms with Crippen molar-refractivity contribution in [3.63, 3.8) is 0 Å². The molecule has 0 bridgehead atoms. The van der Waals surface area contributed by atoms with Crippen LogP contribution in [-0.2, 0) is 9.59 Å². The lowest BCUT2D eigenvalue weighted by atomic mass is 9.77. The van der Waals surface area contributed by atoms with Crippen LogP contribution >= 0.6 is 0 Å². The summed E-state index contributed by atoms with van der Waals surface area (Å²) in [5.41, 5.74) is -0.776. The number of hydrogen-bond donors (Lipinski definition) is 3. The highest BCUT2D eigenvalue weighted by Gasteiger charge is 2.52. The zero-order valence-corrected chi connectivity index (χ0v) is 13.6. The molecule has 1 unspecified atom stereocenters. The van der Waals surface area contributed by atoms with Gasteiger partial charge in [-0.15, -0.1) is 0 Å². The lowest BCUT2D eigenvalue weighted by molar-refractivity contribution is -0.136. The van der Waals surface area contributed by atoms with Crippen molar-refractivity contribution in [3.05, 3.63) is 0 Å². The molecule has 2 aliphatic rings. The van der Waals surface area contributed by atoms with Crippen molar-refractivity contribution in [1.29, 1.82) is 0 Å². The third-order valence-electron chi connectivity index (χ3n) is 4.77. The molecule has 0 radical (unpaired) electrons. The molecule has 1 atom stereocenters. The van der Waals surface area contributed by atoms with Crippen LogP contribution in [0.4, 0.5) is 4.79 Å². The van der Waals surface area contributed by atoms with Crippen molar-refractivity contribution < 1.29 is 14.4 Å². The highest BCUT2D eigenvalue weighted by atomic mass is 16.2. The third kappa shape index (κ3) is 3.40. The summed E-state index contributed by atoms with van der Waals surface area (Å²) in [6, 6.07) is -0.311. The van der Waals surface area contributed by atoms with Crippen molar-refractivity contribution in [1.82, 2.24) is 20.9 Å². The second-order valence-corrected chi connectivity index (χ2v) is 6.58. The summed E-state index contributed by atoms with van der Waals surface area (Å²) >= 11 is 0. The van der Waals surface area contributed by atoms with Crippen LogP contribution in [0.5, 0.6) is 0 Å². The smallest absolute Gasteiger partial charge is 0.325 e. The number of carbonyl (C=O) groups is 3. The van der Waals surface area contributed by atoms with Crippen LogP contribution in [0.25, 0.3) is 0 Å². The molecule has 0 aromatic rings. The largest absolute Gasteiger partial charge is 0.353 e. The zero-order chi connectivity index (χ0) is 16.3. The van der Waals surface area contributed by atoms with E-state index in [0.29, 0.717) is 25.3 Å². The molecular formula is C15H26N4O3. The molecule has 22 heavy (non-hydrogen) atoms. The van der Waals surface area contributed by atoms with Gasteiger partial charge in [-0.1, -0.05) is 6.92 Å². The maximum absolute atomic E-state index is 12.6. The topological polar surface area (TPSA) is 90.5 Å². The van der Waals surface area contributed by atoms with Gasteiger partial charge in [0.2, 0.25) is 5.91 Å². The van der Waals surface area contributed by atoms with Crippen LogP contribution in [0.2, 0.25) is 0 Å². The van der Waals surface area contributed by atoms with Gasteiger partial charge in [0.25, 0.3) is 5.91 Å². The van der Waals surface area contributed by atoms with E-state index in [1.807, 2.05) is 14.0 Å².